The van der Waals surface area contributed by atoms with Gasteiger partial charge in [-0.05, 0) is 18.8 Å². The average molecular weight is 312 g/mol. The van der Waals surface area contributed by atoms with Crippen molar-refractivity contribution in [3.05, 3.63) is 11.9 Å². The molecule has 0 aliphatic carbocycles. The topological polar surface area (TPSA) is 64.4 Å². The van der Waals surface area contributed by atoms with Gasteiger partial charge in [-0.1, -0.05) is 32.5 Å². The normalized spacial score (nSPS) is 22.1. The van der Waals surface area contributed by atoms with Gasteiger partial charge in [0.2, 0.25) is 0 Å². The maximum absolute atomic E-state index is 10.8. The Morgan fingerprint density at radius 1 is 1.62 bits per heavy atom. The number of nitrogens with zero attached hydrogens (tertiary/aromatic N) is 2. The van der Waals surface area contributed by atoms with Crippen LogP contribution >= 0.6 is 11.8 Å². The Hall–Kier alpha value is -1.01. The Balaban J connectivity index is 2.17. The number of carboxylic acids is 1. The molecule has 1 aromatic rings. The lowest BCUT2D eigenvalue weighted by Gasteiger charge is -2.21. The van der Waals surface area contributed by atoms with E-state index in [1.807, 2.05) is 6.20 Å². The van der Waals surface area contributed by atoms with E-state index in [0.29, 0.717) is 17.9 Å². The molecule has 1 aliphatic rings. The minimum absolute atomic E-state index is 0.0485. The largest absolute Gasteiger partial charge is 0.481 e. The first kappa shape index (κ1) is 16.4. The second-order valence-electron chi connectivity index (χ2n) is 5.78. The van der Waals surface area contributed by atoms with Gasteiger partial charge in [0, 0.05) is 31.0 Å². The predicted octanol–water partition coefficient (Wildman–Crippen LogP) is 3.00. The number of imidazole rings is 1. The van der Waals surface area contributed by atoms with Crippen LogP contribution in [-0.2, 0) is 16.1 Å². The Morgan fingerprint density at radius 3 is 3.00 bits per heavy atom. The van der Waals surface area contributed by atoms with Crippen molar-refractivity contribution in [3.63, 3.8) is 0 Å². The van der Waals surface area contributed by atoms with Gasteiger partial charge in [0.05, 0.1) is 11.9 Å². The Bertz CT molecular complexity index is 487. The number of thioether (sulfide) groups is 1. The van der Waals surface area contributed by atoms with Gasteiger partial charge in [-0.15, -0.1) is 0 Å². The quantitative estimate of drug-likeness (QED) is 0.784. The summed E-state index contributed by atoms with van der Waals surface area (Å²) in [4.78, 5) is 15.2. The Morgan fingerprint density at radius 2 is 2.38 bits per heavy atom. The fourth-order valence-corrected chi connectivity index (χ4v) is 3.56. The minimum atomic E-state index is -0.809. The molecule has 0 radical (unpaired) electrons. The van der Waals surface area contributed by atoms with Crippen molar-refractivity contribution in [2.45, 2.75) is 57.3 Å². The summed E-state index contributed by atoms with van der Waals surface area (Å²) in [6, 6.07) is 0. The summed E-state index contributed by atoms with van der Waals surface area (Å²) in [6.07, 6.45) is 4.28. The van der Waals surface area contributed by atoms with Crippen LogP contribution in [0.15, 0.2) is 11.4 Å². The zero-order valence-electron chi connectivity index (χ0n) is 12.9. The maximum Gasteiger partial charge on any atom is 0.313 e. The van der Waals surface area contributed by atoms with Gasteiger partial charge in [-0.25, -0.2) is 4.98 Å². The van der Waals surface area contributed by atoms with E-state index in [4.69, 9.17) is 9.84 Å². The summed E-state index contributed by atoms with van der Waals surface area (Å²) < 4.78 is 7.96. The monoisotopic (exact) mass is 312 g/mol. The molecule has 0 aromatic carbocycles. The number of hydrogen-bond donors (Lipinski definition) is 1. The number of aromatic nitrogens is 2. The van der Waals surface area contributed by atoms with Crippen molar-refractivity contribution in [1.82, 2.24) is 9.55 Å². The van der Waals surface area contributed by atoms with E-state index in [9.17, 15) is 4.79 Å². The molecular formula is C15H24N2O3S. The van der Waals surface area contributed by atoms with Crippen LogP contribution in [0.3, 0.4) is 0 Å². The first-order valence-corrected chi connectivity index (χ1v) is 8.53. The molecule has 2 atom stereocenters. The standard InChI is InChI=1S/C15H24N2O3S/c1-4-13-11(5-6-20-13)8-17-12(10(2)3)7-16-15(17)21-9-14(18)19/h7,10-11,13H,4-6,8-9H2,1-3H3,(H,18,19). The summed E-state index contributed by atoms with van der Waals surface area (Å²) in [5.74, 6) is 0.105. The van der Waals surface area contributed by atoms with E-state index in [-0.39, 0.29) is 5.75 Å². The molecule has 1 fully saturated rings. The molecule has 2 unspecified atom stereocenters. The van der Waals surface area contributed by atoms with Crippen molar-refractivity contribution >= 4 is 17.7 Å². The van der Waals surface area contributed by atoms with Crippen molar-refractivity contribution < 1.29 is 14.6 Å². The molecule has 6 heteroatoms. The second kappa shape index (κ2) is 7.31. The molecule has 1 aliphatic heterocycles. The van der Waals surface area contributed by atoms with Gasteiger partial charge in [0.25, 0.3) is 0 Å². The van der Waals surface area contributed by atoms with E-state index in [1.165, 1.54) is 17.5 Å². The highest BCUT2D eigenvalue weighted by atomic mass is 32.2. The van der Waals surface area contributed by atoms with Crippen LogP contribution in [0.1, 0.15) is 45.2 Å². The second-order valence-corrected chi connectivity index (χ2v) is 6.72. The number of rotatable bonds is 7. The molecule has 0 spiro atoms. The first-order chi connectivity index (χ1) is 10.0. The molecule has 118 valence electrons. The third-order valence-corrected chi connectivity index (χ3v) is 4.91. The molecular weight excluding hydrogens is 288 g/mol. The van der Waals surface area contributed by atoms with E-state index in [1.54, 1.807) is 0 Å². The zero-order chi connectivity index (χ0) is 15.4. The molecule has 21 heavy (non-hydrogen) atoms. The van der Waals surface area contributed by atoms with Crippen LogP contribution in [0.2, 0.25) is 0 Å². The summed E-state index contributed by atoms with van der Waals surface area (Å²) in [5.41, 5.74) is 1.17. The molecule has 5 nitrogen and oxygen atoms in total. The van der Waals surface area contributed by atoms with Gasteiger partial charge < -0.3 is 14.4 Å². The van der Waals surface area contributed by atoms with Crippen LogP contribution in [0.4, 0.5) is 0 Å². The van der Waals surface area contributed by atoms with Crippen molar-refractivity contribution in [2.75, 3.05) is 12.4 Å². The van der Waals surface area contributed by atoms with Gasteiger partial charge in [0.15, 0.2) is 5.16 Å². The molecule has 1 aromatic heterocycles. The number of hydrogen-bond acceptors (Lipinski definition) is 4. The van der Waals surface area contributed by atoms with Gasteiger partial charge in [-0.2, -0.15) is 0 Å². The smallest absolute Gasteiger partial charge is 0.313 e. The first-order valence-electron chi connectivity index (χ1n) is 7.54. The third kappa shape index (κ3) is 4.01. The number of carbonyl (C=O) groups is 1. The summed E-state index contributed by atoms with van der Waals surface area (Å²) in [5, 5.41) is 9.68. The SMILES string of the molecule is CCC1OCCC1Cn1c(C(C)C)cnc1SCC(=O)O. The lowest BCUT2D eigenvalue weighted by molar-refractivity contribution is -0.133. The Labute approximate surface area is 130 Å². The summed E-state index contributed by atoms with van der Waals surface area (Å²) in [7, 11) is 0. The van der Waals surface area contributed by atoms with Gasteiger partial charge in [-0.3, -0.25) is 4.79 Å². The minimum Gasteiger partial charge on any atom is -0.481 e. The Kier molecular flexibility index (Phi) is 5.70. The van der Waals surface area contributed by atoms with Gasteiger partial charge >= 0.3 is 5.97 Å². The van der Waals surface area contributed by atoms with E-state index in [0.717, 1.165) is 31.1 Å². The fourth-order valence-electron chi connectivity index (χ4n) is 2.84. The third-order valence-electron chi connectivity index (χ3n) is 3.93. The summed E-state index contributed by atoms with van der Waals surface area (Å²) >= 11 is 1.30. The van der Waals surface area contributed by atoms with Crippen molar-refractivity contribution in [2.24, 2.45) is 5.92 Å². The number of ether oxygens (including phenoxy) is 1. The van der Waals surface area contributed by atoms with Crippen LogP contribution in [-0.4, -0.2) is 39.1 Å². The van der Waals surface area contributed by atoms with Crippen molar-refractivity contribution in [3.8, 4) is 0 Å². The van der Waals surface area contributed by atoms with Gasteiger partial charge in [0.1, 0.15) is 0 Å². The van der Waals surface area contributed by atoms with Crippen LogP contribution in [0, 0.1) is 5.92 Å². The van der Waals surface area contributed by atoms with E-state index < -0.39 is 5.97 Å². The fraction of sp³-hybridized carbons (Fsp3) is 0.733. The maximum atomic E-state index is 10.8. The van der Waals surface area contributed by atoms with Crippen LogP contribution in [0.5, 0.6) is 0 Å². The number of aliphatic carboxylic acids is 1. The number of carboxylic acid groups (broad SMARTS) is 1. The molecule has 0 bridgehead atoms. The molecule has 1 saturated heterocycles. The van der Waals surface area contributed by atoms with Crippen LogP contribution in [0.25, 0.3) is 0 Å². The molecule has 2 rings (SSSR count). The van der Waals surface area contributed by atoms with E-state index in [2.05, 4.69) is 30.3 Å². The van der Waals surface area contributed by atoms with Crippen LogP contribution < -0.4 is 0 Å². The molecule has 0 saturated carbocycles. The average Bonchev–Trinajstić information content (AvgIpc) is 3.03. The lowest BCUT2D eigenvalue weighted by Crippen LogP contribution is -2.22. The van der Waals surface area contributed by atoms with E-state index >= 15 is 0 Å². The molecule has 2 heterocycles. The zero-order valence-corrected chi connectivity index (χ0v) is 13.7. The predicted molar refractivity (Wildman–Crippen MR) is 82.8 cm³/mol. The highest BCUT2D eigenvalue weighted by Crippen LogP contribution is 2.30. The highest BCUT2D eigenvalue weighted by molar-refractivity contribution is 7.99. The highest BCUT2D eigenvalue weighted by Gasteiger charge is 2.28. The lowest BCUT2D eigenvalue weighted by atomic mass is 9.99. The summed E-state index contributed by atoms with van der Waals surface area (Å²) in [6.45, 7) is 8.13. The molecule has 1 N–H and O–H groups in total. The molecule has 0 amide bonds. The van der Waals surface area contributed by atoms with Crippen molar-refractivity contribution in [1.29, 1.82) is 0 Å².